The van der Waals surface area contributed by atoms with Gasteiger partial charge in [0.1, 0.15) is 12.1 Å². The molecule has 0 saturated carbocycles. The monoisotopic (exact) mass is 177 g/mol. The van der Waals surface area contributed by atoms with Crippen LogP contribution in [0.3, 0.4) is 0 Å². The van der Waals surface area contributed by atoms with Crippen LogP contribution < -0.4 is 5.73 Å². The maximum atomic E-state index is 5.58. The van der Waals surface area contributed by atoms with Gasteiger partial charge in [-0.3, -0.25) is 9.25 Å². The molecule has 0 aromatic carbocycles. The summed E-state index contributed by atoms with van der Waals surface area (Å²) < 4.78 is 3.68. The number of hydrogen-bond donors (Lipinski definition) is 1. The minimum Gasteiger partial charge on any atom is -0.326 e. The molecule has 0 atom stereocenters. The molecule has 5 heteroatoms. The minimum absolute atomic E-state index is 0.487. The van der Waals surface area contributed by atoms with Gasteiger partial charge in [-0.05, 0) is 0 Å². The summed E-state index contributed by atoms with van der Waals surface area (Å²) in [5, 5.41) is 4.13. The van der Waals surface area contributed by atoms with Crippen molar-refractivity contribution >= 4 is 0 Å². The van der Waals surface area contributed by atoms with Crippen molar-refractivity contribution in [1.29, 1.82) is 0 Å². The van der Waals surface area contributed by atoms with Crippen molar-refractivity contribution in [3.8, 4) is 5.82 Å². The van der Waals surface area contributed by atoms with Gasteiger partial charge in [0.25, 0.3) is 0 Å². The normalized spacial score (nSPS) is 10.6. The standard InChI is InChI=1S/C8H11N5/c1-12-8(7(4-9)5-11-12)13-3-2-10-6-13/h2-3,5-6H,4,9H2,1H3. The second-order valence-electron chi connectivity index (χ2n) is 2.79. The molecule has 0 unspecified atom stereocenters. The van der Waals surface area contributed by atoms with Crippen LogP contribution in [0.25, 0.3) is 5.82 Å². The molecule has 0 aliphatic heterocycles. The molecule has 0 aliphatic carbocycles. The summed E-state index contributed by atoms with van der Waals surface area (Å²) in [6.45, 7) is 0.487. The van der Waals surface area contributed by atoms with Crippen molar-refractivity contribution in [2.75, 3.05) is 0 Å². The molecule has 2 rings (SSSR count). The number of aromatic nitrogens is 4. The van der Waals surface area contributed by atoms with Crippen molar-refractivity contribution in [1.82, 2.24) is 19.3 Å². The van der Waals surface area contributed by atoms with Crippen LogP contribution in [0.4, 0.5) is 0 Å². The van der Waals surface area contributed by atoms with Gasteiger partial charge in [-0.1, -0.05) is 0 Å². The van der Waals surface area contributed by atoms with Crippen LogP contribution in [0, 0.1) is 0 Å². The summed E-state index contributed by atoms with van der Waals surface area (Å²) in [6.07, 6.45) is 7.11. The van der Waals surface area contributed by atoms with Crippen LogP contribution in [0.2, 0.25) is 0 Å². The van der Waals surface area contributed by atoms with Crippen LogP contribution in [-0.2, 0) is 13.6 Å². The smallest absolute Gasteiger partial charge is 0.140 e. The minimum atomic E-state index is 0.487. The Hall–Kier alpha value is -1.62. The third-order valence-electron chi connectivity index (χ3n) is 1.95. The fraction of sp³-hybridized carbons (Fsp3) is 0.250. The molecule has 0 amide bonds. The zero-order valence-corrected chi connectivity index (χ0v) is 7.38. The highest BCUT2D eigenvalue weighted by atomic mass is 15.3. The molecule has 2 aromatic rings. The van der Waals surface area contributed by atoms with Gasteiger partial charge in [0.15, 0.2) is 0 Å². The largest absolute Gasteiger partial charge is 0.326 e. The summed E-state index contributed by atoms with van der Waals surface area (Å²) in [4.78, 5) is 3.98. The number of nitrogens with zero attached hydrogens (tertiary/aromatic N) is 4. The lowest BCUT2D eigenvalue weighted by molar-refractivity contribution is 0.726. The Labute approximate surface area is 75.8 Å². The molecule has 2 N–H and O–H groups in total. The van der Waals surface area contributed by atoms with E-state index in [1.165, 1.54) is 0 Å². The fourth-order valence-electron chi connectivity index (χ4n) is 1.34. The molecule has 5 nitrogen and oxygen atoms in total. The average molecular weight is 177 g/mol. The van der Waals surface area contributed by atoms with Gasteiger partial charge in [-0.2, -0.15) is 5.10 Å². The van der Waals surface area contributed by atoms with E-state index < -0.39 is 0 Å². The first-order valence-electron chi connectivity index (χ1n) is 4.02. The number of hydrogen-bond acceptors (Lipinski definition) is 3. The Balaban J connectivity index is 2.55. The molecule has 68 valence electrons. The van der Waals surface area contributed by atoms with E-state index in [1.807, 2.05) is 17.8 Å². The van der Waals surface area contributed by atoms with Gasteiger partial charge < -0.3 is 5.73 Å². The predicted molar refractivity (Wildman–Crippen MR) is 48.2 cm³/mol. The molecule has 0 saturated heterocycles. The van der Waals surface area contributed by atoms with Gasteiger partial charge in [0.05, 0.1) is 6.20 Å². The average Bonchev–Trinajstić information content (AvgIpc) is 2.72. The van der Waals surface area contributed by atoms with Crippen molar-refractivity contribution in [3.63, 3.8) is 0 Å². The van der Waals surface area contributed by atoms with E-state index in [2.05, 4.69) is 10.1 Å². The van der Waals surface area contributed by atoms with Gasteiger partial charge in [0, 0.05) is 31.5 Å². The number of rotatable bonds is 2. The lowest BCUT2D eigenvalue weighted by Crippen LogP contribution is -2.05. The second-order valence-corrected chi connectivity index (χ2v) is 2.79. The molecular weight excluding hydrogens is 166 g/mol. The summed E-state index contributed by atoms with van der Waals surface area (Å²) >= 11 is 0. The number of nitrogens with two attached hydrogens (primary N) is 1. The summed E-state index contributed by atoms with van der Waals surface area (Å²) in [5.74, 6) is 0.972. The Bertz CT molecular complexity index is 387. The van der Waals surface area contributed by atoms with Gasteiger partial charge in [-0.25, -0.2) is 4.98 Å². The summed E-state index contributed by atoms with van der Waals surface area (Å²) in [6, 6.07) is 0. The highest BCUT2D eigenvalue weighted by Crippen LogP contribution is 2.11. The zero-order valence-electron chi connectivity index (χ0n) is 7.38. The lowest BCUT2D eigenvalue weighted by Gasteiger charge is -2.04. The molecule has 0 spiro atoms. The Kier molecular flexibility index (Phi) is 1.86. The van der Waals surface area contributed by atoms with E-state index >= 15 is 0 Å². The Morgan fingerprint density at radius 2 is 2.38 bits per heavy atom. The number of imidazole rings is 1. The molecule has 0 aliphatic rings. The van der Waals surface area contributed by atoms with Crippen LogP contribution in [0.5, 0.6) is 0 Å². The zero-order chi connectivity index (χ0) is 9.26. The highest BCUT2D eigenvalue weighted by Gasteiger charge is 2.07. The van der Waals surface area contributed by atoms with E-state index in [4.69, 9.17) is 5.73 Å². The molecule has 2 heterocycles. The van der Waals surface area contributed by atoms with Gasteiger partial charge >= 0.3 is 0 Å². The molecular formula is C8H11N5. The van der Waals surface area contributed by atoms with Crippen LogP contribution in [0.15, 0.2) is 24.9 Å². The second kappa shape index (κ2) is 3.02. The van der Waals surface area contributed by atoms with Crippen LogP contribution in [-0.4, -0.2) is 19.3 Å². The maximum absolute atomic E-state index is 5.58. The first-order valence-corrected chi connectivity index (χ1v) is 4.02. The summed E-state index contributed by atoms with van der Waals surface area (Å²) in [7, 11) is 1.88. The predicted octanol–water partition coefficient (Wildman–Crippen LogP) is 0.0645. The first kappa shape index (κ1) is 8.00. The van der Waals surface area contributed by atoms with Crippen molar-refractivity contribution in [2.24, 2.45) is 12.8 Å². The number of aryl methyl sites for hydroxylation is 1. The van der Waals surface area contributed by atoms with Crippen molar-refractivity contribution < 1.29 is 0 Å². The highest BCUT2D eigenvalue weighted by molar-refractivity contribution is 5.32. The van der Waals surface area contributed by atoms with Gasteiger partial charge in [-0.15, -0.1) is 0 Å². The van der Waals surface area contributed by atoms with E-state index in [9.17, 15) is 0 Å². The van der Waals surface area contributed by atoms with E-state index in [0.717, 1.165) is 11.4 Å². The van der Waals surface area contributed by atoms with Crippen molar-refractivity contribution in [3.05, 3.63) is 30.5 Å². The maximum Gasteiger partial charge on any atom is 0.140 e. The molecule has 2 aromatic heterocycles. The first-order chi connectivity index (χ1) is 6.33. The van der Waals surface area contributed by atoms with Crippen LogP contribution in [0.1, 0.15) is 5.56 Å². The van der Waals surface area contributed by atoms with E-state index in [-0.39, 0.29) is 0 Å². The SMILES string of the molecule is Cn1ncc(CN)c1-n1ccnc1. The lowest BCUT2D eigenvalue weighted by atomic mass is 10.3. The molecule has 0 bridgehead atoms. The molecule has 13 heavy (non-hydrogen) atoms. The summed E-state index contributed by atoms with van der Waals surface area (Å²) in [5.41, 5.74) is 6.60. The Morgan fingerprint density at radius 1 is 1.54 bits per heavy atom. The van der Waals surface area contributed by atoms with Gasteiger partial charge in [0.2, 0.25) is 0 Å². The quantitative estimate of drug-likeness (QED) is 0.705. The van der Waals surface area contributed by atoms with E-state index in [1.54, 1.807) is 23.4 Å². The Morgan fingerprint density at radius 3 is 3.00 bits per heavy atom. The topological polar surface area (TPSA) is 61.7 Å². The molecule has 0 fully saturated rings. The third kappa shape index (κ3) is 1.23. The van der Waals surface area contributed by atoms with E-state index in [0.29, 0.717) is 6.54 Å². The fourth-order valence-corrected chi connectivity index (χ4v) is 1.34. The van der Waals surface area contributed by atoms with Crippen LogP contribution >= 0.6 is 0 Å². The van der Waals surface area contributed by atoms with Crippen molar-refractivity contribution in [2.45, 2.75) is 6.54 Å². The molecule has 0 radical (unpaired) electrons. The third-order valence-corrected chi connectivity index (χ3v) is 1.95.